The molecule has 1 heterocycles. The van der Waals surface area contributed by atoms with Gasteiger partial charge in [0, 0.05) is 36.6 Å². The third kappa shape index (κ3) is 7.08. The summed E-state index contributed by atoms with van der Waals surface area (Å²) in [5, 5.41) is 3.14. The van der Waals surface area contributed by atoms with Gasteiger partial charge in [0.05, 0.1) is 19.8 Å². The summed E-state index contributed by atoms with van der Waals surface area (Å²) in [4.78, 5) is 2.62. The van der Waals surface area contributed by atoms with Crippen LogP contribution in [-0.4, -0.2) is 40.6 Å². The van der Waals surface area contributed by atoms with E-state index in [-0.39, 0.29) is 0 Å². The van der Waals surface area contributed by atoms with E-state index < -0.39 is 0 Å². The maximum absolute atomic E-state index is 5.60. The lowest BCUT2D eigenvalue weighted by atomic mass is 10.4. The van der Waals surface area contributed by atoms with Crippen LogP contribution >= 0.6 is 11.3 Å². The van der Waals surface area contributed by atoms with Crippen LogP contribution in [0.5, 0.6) is 0 Å². The van der Waals surface area contributed by atoms with Gasteiger partial charge in [-0.25, -0.2) is 0 Å². The first-order valence-electron chi connectivity index (χ1n) is 6.23. The Labute approximate surface area is 113 Å². The van der Waals surface area contributed by atoms with E-state index in [0.717, 1.165) is 26.2 Å². The van der Waals surface area contributed by atoms with Crippen molar-refractivity contribution in [3.63, 3.8) is 0 Å². The molecule has 0 saturated heterocycles. The Morgan fingerprint density at radius 1 is 1.06 bits per heavy atom. The molecule has 1 N–H and O–H groups in total. The van der Waals surface area contributed by atoms with Crippen LogP contribution in [0.25, 0.3) is 0 Å². The zero-order valence-corrected chi connectivity index (χ0v) is 12.1. The van der Waals surface area contributed by atoms with Crippen molar-refractivity contribution in [2.45, 2.75) is 19.6 Å². The molecule has 0 radical (unpaired) electrons. The zero-order chi connectivity index (χ0) is 13.1. The number of hydrogen-bond donors (Lipinski definition) is 1. The van der Waals surface area contributed by atoms with Crippen molar-refractivity contribution in [2.24, 2.45) is 0 Å². The van der Waals surface area contributed by atoms with E-state index in [4.69, 9.17) is 14.2 Å². The fraction of sp³-hybridized carbons (Fsp3) is 0.692. The van der Waals surface area contributed by atoms with Gasteiger partial charge in [0.2, 0.25) is 0 Å². The van der Waals surface area contributed by atoms with Gasteiger partial charge in [0.25, 0.3) is 0 Å². The summed E-state index contributed by atoms with van der Waals surface area (Å²) in [6.07, 6.45) is 0.929. The van der Waals surface area contributed by atoms with E-state index in [1.54, 1.807) is 18.4 Å². The molecule has 5 heteroatoms. The van der Waals surface area contributed by atoms with Gasteiger partial charge < -0.3 is 19.5 Å². The number of rotatable bonds is 11. The van der Waals surface area contributed by atoms with Crippen molar-refractivity contribution >= 4 is 11.3 Å². The monoisotopic (exact) mass is 273 g/mol. The molecule has 1 aromatic heterocycles. The van der Waals surface area contributed by atoms with Crippen molar-refractivity contribution in [1.29, 1.82) is 0 Å². The molecular weight excluding hydrogens is 250 g/mol. The van der Waals surface area contributed by atoms with Gasteiger partial charge >= 0.3 is 0 Å². The average Bonchev–Trinajstić information content (AvgIpc) is 2.81. The normalized spacial score (nSPS) is 11.0. The van der Waals surface area contributed by atoms with Gasteiger partial charge in [-0.2, -0.15) is 0 Å². The molecule has 0 aliphatic rings. The Balaban J connectivity index is 1.96. The topological polar surface area (TPSA) is 39.7 Å². The fourth-order valence-corrected chi connectivity index (χ4v) is 2.42. The largest absolute Gasteiger partial charge is 0.382 e. The second kappa shape index (κ2) is 10.5. The summed E-state index contributed by atoms with van der Waals surface area (Å²) in [7, 11) is 3.63. The predicted molar refractivity (Wildman–Crippen MR) is 74.1 cm³/mol. The molecular formula is C13H23NO3S. The van der Waals surface area contributed by atoms with Crippen LogP contribution < -0.4 is 5.32 Å². The van der Waals surface area contributed by atoms with Crippen LogP contribution in [-0.2, 0) is 27.4 Å². The molecule has 0 amide bonds. The Bertz CT molecular complexity index is 304. The molecule has 0 aliphatic carbocycles. The van der Waals surface area contributed by atoms with E-state index in [0.29, 0.717) is 19.8 Å². The van der Waals surface area contributed by atoms with Gasteiger partial charge in [-0.05, 0) is 25.6 Å². The second-order valence-electron chi connectivity index (χ2n) is 3.91. The van der Waals surface area contributed by atoms with Crippen LogP contribution in [0.3, 0.4) is 0 Å². The Hall–Kier alpha value is -0.460. The summed E-state index contributed by atoms with van der Waals surface area (Å²) in [6.45, 7) is 4.43. The molecule has 0 spiro atoms. The summed E-state index contributed by atoms with van der Waals surface area (Å²) < 4.78 is 15.8. The van der Waals surface area contributed by atoms with Gasteiger partial charge in [-0.1, -0.05) is 0 Å². The Morgan fingerprint density at radius 2 is 1.83 bits per heavy atom. The highest BCUT2D eigenvalue weighted by Gasteiger charge is 1.99. The van der Waals surface area contributed by atoms with Crippen LogP contribution in [0.1, 0.15) is 16.2 Å². The molecule has 0 atom stereocenters. The lowest BCUT2D eigenvalue weighted by molar-refractivity contribution is 0.0488. The molecule has 1 aromatic rings. The summed E-state index contributed by atoms with van der Waals surface area (Å²) in [5.41, 5.74) is 0. The van der Waals surface area contributed by atoms with E-state index >= 15 is 0 Å². The van der Waals surface area contributed by atoms with Crippen LogP contribution in [0, 0.1) is 0 Å². The number of methoxy groups -OCH3 is 1. The van der Waals surface area contributed by atoms with Gasteiger partial charge in [0.1, 0.15) is 0 Å². The molecule has 0 unspecified atom stereocenters. The lowest BCUT2D eigenvalue weighted by Gasteiger charge is -2.04. The molecule has 18 heavy (non-hydrogen) atoms. The van der Waals surface area contributed by atoms with Crippen molar-refractivity contribution in [1.82, 2.24) is 5.32 Å². The molecule has 0 fully saturated rings. The van der Waals surface area contributed by atoms with Gasteiger partial charge in [-0.15, -0.1) is 11.3 Å². The highest BCUT2D eigenvalue weighted by atomic mass is 32.1. The number of hydrogen-bond acceptors (Lipinski definition) is 5. The standard InChI is InChI=1S/C13H23NO3S/c1-14-10-12-4-5-13(18-12)11-17-7-3-6-16-9-8-15-2/h4-5,14H,3,6-11H2,1-2H3. The highest BCUT2D eigenvalue weighted by molar-refractivity contribution is 7.11. The molecule has 4 nitrogen and oxygen atoms in total. The predicted octanol–water partition coefficient (Wildman–Crippen LogP) is 2.04. The van der Waals surface area contributed by atoms with Gasteiger partial charge in [-0.3, -0.25) is 0 Å². The summed E-state index contributed by atoms with van der Waals surface area (Å²) in [6, 6.07) is 4.28. The number of thiophene rings is 1. The molecule has 1 rings (SSSR count). The summed E-state index contributed by atoms with van der Waals surface area (Å²) in [5.74, 6) is 0. The van der Waals surface area contributed by atoms with Crippen molar-refractivity contribution < 1.29 is 14.2 Å². The van der Waals surface area contributed by atoms with E-state index in [1.165, 1.54) is 9.75 Å². The van der Waals surface area contributed by atoms with E-state index in [2.05, 4.69) is 17.4 Å². The minimum Gasteiger partial charge on any atom is -0.382 e. The minimum atomic E-state index is 0.657. The van der Waals surface area contributed by atoms with Crippen molar-refractivity contribution in [3.05, 3.63) is 21.9 Å². The van der Waals surface area contributed by atoms with E-state index in [1.807, 2.05) is 7.05 Å². The SMILES string of the molecule is CNCc1ccc(COCCCOCCOC)s1. The Kier molecular flexibility index (Phi) is 9.06. The average molecular weight is 273 g/mol. The minimum absolute atomic E-state index is 0.657. The number of ether oxygens (including phenoxy) is 3. The Morgan fingerprint density at radius 3 is 2.61 bits per heavy atom. The molecule has 0 aromatic carbocycles. The first kappa shape index (κ1) is 15.6. The quantitative estimate of drug-likeness (QED) is 0.626. The summed E-state index contributed by atoms with van der Waals surface area (Å²) >= 11 is 1.80. The maximum Gasteiger partial charge on any atom is 0.0809 e. The maximum atomic E-state index is 5.60. The molecule has 0 bridgehead atoms. The molecule has 0 aliphatic heterocycles. The third-order valence-electron chi connectivity index (χ3n) is 2.32. The third-order valence-corrected chi connectivity index (χ3v) is 3.38. The van der Waals surface area contributed by atoms with Crippen LogP contribution in [0.4, 0.5) is 0 Å². The van der Waals surface area contributed by atoms with Crippen molar-refractivity contribution in [3.8, 4) is 0 Å². The second-order valence-corrected chi connectivity index (χ2v) is 5.16. The number of nitrogens with one attached hydrogen (secondary N) is 1. The first-order valence-corrected chi connectivity index (χ1v) is 7.05. The van der Waals surface area contributed by atoms with Crippen LogP contribution in [0.15, 0.2) is 12.1 Å². The lowest BCUT2D eigenvalue weighted by Crippen LogP contribution is -2.05. The smallest absolute Gasteiger partial charge is 0.0809 e. The van der Waals surface area contributed by atoms with Gasteiger partial charge in [0.15, 0.2) is 0 Å². The van der Waals surface area contributed by atoms with Crippen LogP contribution in [0.2, 0.25) is 0 Å². The fourth-order valence-electron chi connectivity index (χ4n) is 1.45. The molecule has 104 valence electrons. The highest BCUT2D eigenvalue weighted by Crippen LogP contribution is 2.17. The van der Waals surface area contributed by atoms with Crippen molar-refractivity contribution in [2.75, 3.05) is 40.6 Å². The molecule has 0 saturated carbocycles. The first-order chi connectivity index (χ1) is 8.86. The van der Waals surface area contributed by atoms with E-state index in [9.17, 15) is 0 Å². The zero-order valence-electron chi connectivity index (χ0n) is 11.2.